The van der Waals surface area contributed by atoms with Crippen molar-refractivity contribution < 1.29 is 0 Å². The summed E-state index contributed by atoms with van der Waals surface area (Å²) in [7, 11) is 0. The van der Waals surface area contributed by atoms with Crippen LogP contribution in [0.25, 0.3) is 11.0 Å². The molecule has 3 rings (SSSR count). The van der Waals surface area contributed by atoms with E-state index in [-0.39, 0.29) is 0 Å². The van der Waals surface area contributed by atoms with Crippen molar-refractivity contribution in [1.29, 1.82) is 5.26 Å². The number of aromatic nitrogens is 2. The fourth-order valence-electron chi connectivity index (χ4n) is 2.69. The van der Waals surface area contributed by atoms with Crippen LogP contribution in [0.15, 0.2) is 48.5 Å². The lowest BCUT2D eigenvalue weighted by Crippen LogP contribution is -2.08. The zero-order valence-electron chi connectivity index (χ0n) is 13.0. The predicted molar refractivity (Wildman–Crippen MR) is 88.5 cm³/mol. The molecule has 0 atom stereocenters. The van der Waals surface area contributed by atoms with Crippen LogP contribution in [0, 0.1) is 17.2 Å². The molecule has 0 bridgehead atoms. The van der Waals surface area contributed by atoms with Crippen LogP contribution in [0.4, 0.5) is 0 Å². The third-order valence-electron chi connectivity index (χ3n) is 3.75. The van der Waals surface area contributed by atoms with E-state index < -0.39 is 0 Å². The Kier molecular flexibility index (Phi) is 3.93. The van der Waals surface area contributed by atoms with Crippen LogP contribution >= 0.6 is 0 Å². The van der Waals surface area contributed by atoms with Crippen molar-refractivity contribution in [3.8, 4) is 6.07 Å². The lowest BCUT2D eigenvalue weighted by Gasteiger charge is -2.11. The van der Waals surface area contributed by atoms with Crippen molar-refractivity contribution in [1.82, 2.24) is 9.55 Å². The van der Waals surface area contributed by atoms with Gasteiger partial charge in [-0.2, -0.15) is 5.26 Å². The van der Waals surface area contributed by atoms with E-state index in [4.69, 9.17) is 10.2 Å². The summed E-state index contributed by atoms with van der Waals surface area (Å²) in [5.74, 6) is 1.69. The Morgan fingerprint density at radius 2 is 1.82 bits per heavy atom. The molecule has 3 heteroatoms. The van der Waals surface area contributed by atoms with Crippen molar-refractivity contribution >= 4 is 11.0 Å². The van der Waals surface area contributed by atoms with E-state index in [0.29, 0.717) is 11.5 Å². The third-order valence-corrected chi connectivity index (χ3v) is 3.75. The van der Waals surface area contributed by atoms with Crippen LogP contribution in [-0.2, 0) is 13.0 Å². The summed E-state index contributed by atoms with van der Waals surface area (Å²) in [5, 5.41) is 8.90. The molecule has 0 saturated carbocycles. The maximum absolute atomic E-state index is 8.90. The molecule has 1 aromatic heterocycles. The summed E-state index contributed by atoms with van der Waals surface area (Å²) < 4.78 is 2.29. The van der Waals surface area contributed by atoms with E-state index in [9.17, 15) is 0 Å². The van der Waals surface area contributed by atoms with Crippen LogP contribution in [0.5, 0.6) is 0 Å². The Hall–Kier alpha value is -2.60. The summed E-state index contributed by atoms with van der Waals surface area (Å²) >= 11 is 0. The first-order chi connectivity index (χ1) is 10.7. The van der Waals surface area contributed by atoms with Gasteiger partial charge in [-0.05, 0) is 35.7 Å². The van der Waals surface area contributed by atoms with Gasteiger partial charge in [-0.3, -0.25) is 0 Å². The summed E-state index contributed by atoms with van der Waals surface area (Å²) in [5.41, 5.74) is 4.10. The van der Waals surface area contributed by atoms with Crippen molar-refractivity contribution in [2.45, 2.75) is 26.8 Å². The molecule has 2 aromatic carbocycles. The molecule has 110 valence electrons. The minimum atomic E-state index is 0.566. The fourth-order valence-corrected chi connectivity index (χ4v) is 2.69. The lowest BCUT2D eigenvalue weighted by molar-refractivity contribution is 0.595. The quantitative estimate of drug-likeness (QED) is 0.724. The molecular weight excluding hydrogens is 270 g/mol. The Labute approximate surface area is 130 Å². The summed E-state index contributed by atoms with van der Waals surface area (Å²) in [6.07, 6.45) is 0.963. The van der Waals surface area contributed by atoms with Gasteiger partial charge in [-0.25, -0.2) is 4.98 Å². The molecule has 0 saturated heterocycles. The lowest BCUT2D eigenvalue weighted by atomic mass is 10.1. The van der Waals surface area contributed by atoms with Gasteiger partial charge in [-0.1, -0.05) is 38.1 Å². The second-order valence-electron chi connectivity index (χ2n) is 6.01. The van der Waals surface area contributed by atoms with Crippen LogP contribution < -0.4 is 0 Å². The number of nitriles is 1. The molecule has 0 amide bonds. The zero-order valence-corrected chi connectivity index (χ0v) is 13.0. The number of para-hydroxylation sites is 2. The van der Waals surface area contributed by atoms with Crippen molar-refractivity contribution in [3.05, 3.63) is 65.5 Å². The van der Waals surface area contributed by atoms with Crippen LogP contribution in [0.3, 0.4) is 0 Å². The first-order valence-electron chi connectivity index (χ1n) is 7.60. The smallest absolute Gasteiger partial charge is 0.110 e. The SMILES string of the molecule is CC(C)Cc1nc2ccccc2n1Cc1ccc(C#N)cc1. The molecule has 1 heterocycles. The highest BCUT2D eigenvalue weighted by molar-refractivity contribution is 5.76. The van der Waals surface area contributed by atoms with Gasteiger partial charge in [0.2, 0.25) is 0 Å². The Morgan fingerprint density at radius 3 is 2.50 bits per heavy atom. The minimum absolute atomic E-state index is 0.566. The molecule has 0 aliphatic heterocycles. The Balaban J connectivity index is 2.01. The number of benzene rings is 2. The standard InChI is InChI=1S/C19H19N3/c1-14(2)11-19-21-17-5-3-4-6-18(17)22(19)13-16-9-7-15(12-20)8-10-16/h3-10,14H,11,13H2,1-2H3. The monoisotopic (exact) mass is 289 g/mol. The second-order valence-corrected chi connectivity index (χ2v) is 6.01. The summed E-state index contributed by atoms with van der Waals surface area (Å²) in [6, 6.07) is 18.2. The number of hydrogen-bond donors (Lipinski definition) is 0. The van der Waals surface area contributed by atoms with E-state index >= 15 is 0 Å². The van der Waals surface area contributed by atoms with Gasteiger partial charge in [0, 0.05) is 13.0 Å². The topological polar surface area (TPSA) is 41.6 Å². The van der Waals surface area contributed by atoms with Crippen molar-refractivity contribution in [2.24, 2.45) is 5.92 Å². The van der Waals surface area contributed by atoms with E-state index in [1.165, 1.54) is 11.1 Å². The van der Waals surface area contributed by atoms with E-state index in [1.807, 2.05) is 30.3 Å². The molecule has 0 unspecified atom stereocenters. The van der Waals surface area contributed by atoms with Gasteiger partial charge in [0.1, 0.15) is 5.82 Å². The predicted octanol–water partition coefficient (Wildman–Crippen LogP) is 4.15. The first kappa shape index (κ1) is 14.3. The highest BCUT2D eigenvalue weighted by Gasteiger charge is 2.12. The number of fused-ring (bicyclic) bond motifs is 1. The van der Waals surface area contributed by atoms with E-state index in [1.54, 1.807) is 0 Å². The largest absolute Gasteiger partial charge is 0.323 e. The number of imidazole rings is 1. The number of nitrogens with zero attached hydrogens (tertiary/aromatic N) is 3. The van der Waals surface area contributed by atoms with Crippen LogP contribution in [0.2, 0.25) is 0 Å². The highest BCUT2D eigenvalue weighted by Crippen LogP contribution is 2.20. The zero-order chi connectivity index (χ0) is 15.5. The highest BCUT2D eigenvalue weighted by atomic mass is 15.1. The summed E-state index contributed by atoms with van der Waals surface area (Å²) in [4.78, 5) is 4.79. The number of rotatable bonds is 4. The van der Waals surface area contributed by atoms with Crippen LogP contribution in [0.1, 0.15) is 30.8 Å². The molecule has 0 spiro atoms. The van der Waals surface area contributed by atoms with Gasteiger partial charge < -0.3 is 4.57 Å². The minimum Gasteiger partial charge on any atom is -0.323 e. The summed E-state index contributed by atoms with van der Waals surface area (Å²) in [6.45, 7) is 5.21. The molecule has 0 N–H and O–H groups in total. The normalized spacial score (nSPS) is 11.0. The van der Waals surface area contributed by atoms with Gasteiger partial charge in [-0.15, -0.1) is 0 Å². The Bertz CT molecular complexity index is 820. The molecule has 0 aliphatic carbocycles. The van der Waals surface area contributed by atoms with Gasteiger partial charge >= 0.3 is 0 Å². The second kappa shape index (κ2) is 6.03. The fraction of sp³-hybridized carbons (Fsp3) is 0.263. The van der Waals surface area contributed by atoms with Gasteiger partial charge in [0.15, 0.2) is 0 Å². The molecule has 0 radical (unpaired) electrons. The van der Waals surface area contributed by atoms with Gasteiger partial charge in [0.25, 0.3) is 0 Å². The van der Waals surface area contributed by atoms with E-state index in [0.717, 1.165) is 24.3 Å². The molecule has 22 heavy (non-hydrogen) atoms. The third kappa shape index (κ3) is 2.87. The van der Waals surface area contributed by atoms with E-state index in [2.05, 4.69) is 42.7 Å². The maximum atomic E-state index is 8.90. The van der Waals surface area contributed by atoms with Gasteiger partial charge in [0.05, 0.1) is 22.7 Å². The first-order valence-corrected chi connectivity index (χ1v) is 7.60. The van der Waals surface area contributed by atoms with Crippen LogP contribution in [-0.4, -0.2) is 9.55 Å². The van der Waals surface area contributed by atoms with Crippen molar-refractivity contribution in [3.63, 3.8) is 0 Å². The average molecular weight is 289 g/mol. The molecule has 3 nitrogen and oxygen atoms in total. The van der Waals surface area contributed by atoms with Crippen molar-refractivity contribution in [2.75, 3.05) is 0 Å². The molecule has 0 aliphatic rings. The molecule has 3 aromatic rings. The molecule has 0 fully saturated rings. The average Bonchev–Trinajstić information content (AvgIpc) is 2.85. The maximum Gasteiger partial charge on any atom is 0.110 e. The number of hydrogen-bond acceptors (Lipinski definition) is 2. The molecular formula is C19H19N3. The Morgan fingerprint density at radius 1 is 1.09 bits per heavy atom.